The minimum absolute atomic E-state index is 0.600. The SMILES string of the molecule is Cc1cc(-c2cc(-c3ccc(-c4nc(-c5ccccc5)nc(-c5ccc(-c6ccncc6)cc5)n4)cc3)ccc2-c2ccccc2-c2nc(-c3ccccc3)cc(-c3ccccc3)n2)cc(C)n1. The summed E-state index contributed by atoms with van der Waals surface area (Å²) in [5.41, 5.74) is 18.0. The zero-order valence-electron chi connectivity index (χ0n) is 37.5. The van der Waals surface area contributed by atoms with Crippen molar-refractivity contribution in [2.24, 2.45) is 0 Å². The second-order valence-corrected chi connectivity index (χ2v) is 16.7. The Kier molecular flexibility index (Phi) is 11.3. The zero-order chi connectivity index (χ0) is 45.8. The molecule has 0 spiro atoms. The molecule has 7 aromatic carbocycles. The molecule has 11 aromatic rings. The molecule has 0 unspecified atom stereocenters. The Morgan fingerprint density at radius 3 is 1.16 bits per heavy atom. The Labute approximate surface area is 395 Å². The first kappa shape index (κ1) is 41.6. The summed E-state index contributed by atoms with van der Waals surface area (Å²) in [6.45, 7) is 4.10. The van der Waals surface area contributed by atoms with Gasteiger partial charge in [0, 0.05) is 57.2 Å². The van der Waals surface area contributed by atoms with Crippen LogP contribution in [0.25, 0.3) is 113 Å². The lowest BCUT2D eigenvalue weighted by Crippen LogP contribution is -2.00. The van der Waals surface area contributed by atoms with Gasteiger partial charge in [-0.3, -0.25) is 9.97 Å². The van der Waals surface area contributed by atoms with Crippen LogP contribution in [0.3, 0.4) is 0 Å². The molecule has 0 N–H and O–H groups in total. The summed E-state index contributed by atoms with van der Waals surface area (Å²) in [6.07, 6.45) is 3.61. The summed E-state index contributed by atoms with van der Waals surface area (Å²) < 4.78 is 0. The minimum Gasteiger partial charge on any atom is -0.265 e. The smallest absolute Gasteiger partial charge is 0.164 e. The van der Waals surface area contributed by atoms with Crippen LogP contribution in [0.2, 0.25) is 0 Å². The van der Waals surface area contributed by atoms with E-state index in [9.17, 15) is 0 Å². The van der Waals surface area contributed by atoms with Gasteiger partial charge in [-0.2, -0.15) is 0 Å². The van der Waals surface area contributed by atoms with E-state index in [1.807, 2.05) is 92.7 Å². The second kappa shape index (κ2) is 18.4. The van der Waals surface area contributed by atoms with Crippen LogP contribution in [-0.2, 0) is 0 Å². The molecule has 4 heterocycles. The highest BCUT2D eigenvalue weighted by molar-refractivity contribution is 5.93. The van der Waals surface area contributed by atoms with Crippen molar-refractivity contribution in [3.05, 3.63) is 236 Å². The average molecular weight is 874 g/mol. The van der Waals surface area contributed by atoms with Crippen LogP contribution in [-0.4, -0.2) is 34.9 Å². The highest BCUT2D eigenvalue weighted by Crippen LogP contribution is 2.41. The van der Waals surface area contributed by atoms with E-state index in [1.165, 1.54) is 0 Å². The van der Waals surface area contributed by atoms with Crippen molar-refractivity contribution in [1.29, 1.82) is 0 Å². The molecule has 0 saturated carbocycles. The first-order chi connectivity index (χ1) is 33.5. The summed E-state index contributed by atoms with van der Waals surface area (Å²) in [4.78, 5) is 34.4. The van der Waals surface area contributed by atoms with E-state index < -0.39 is 0 Å². The first-order valence-electron chi connectivity index (χ1n) is 22.6. The highest BCUT2D eigenvalue weighted by Gasteiger charge is 2.19. The summed E-state index contributed by atoms with van der Waals surface area (Å²) in [5.74, 6) is 2.48. The van der Waals surface area contributed by atoms with E-state index in [0.29, 0.717) is 23.3 Å². The zero-order valence-corrected chi connectivity index (χ0v) is 37.5. The molecule has 0 bridgehead atoms. The summed E-state index contributed by atoms with van der Waals surface area (Å²) >= 11 is 0. The van der Waals surface area contributed by atoms with Crippen LogP contribution in [0, 0.1) is 13.8 Å². The van der Waals surface area contributed by atoms with Gasteiger partial charge in [-0.05, 0) is 94.8 Å². The summed E-state index contributed by atoms with van der Waals surface area (Å²) in [6, 6.07) is 73.1. The van der Waals surface area contributed by atoms with Gasteiger partial charge in [-0.1, -0.05) is 176 Å². The topological polar surface area (TPSA) is 90.2 Å². The maximum atomic E-state index is 5.24. The van der Waals surface area contributed by atoms with Gasteiger partial charge in [0.1, 0.15) is 0 Å². The van der Waals surface area contributed by atoms with Gasteiger partial charge in [-0.25, -0.2) is 24.9 Å². The minimum atomic E-state index is 0.600. The fourth-order valence-corrected chi connectivity index (χ4v) is 8.70. The van der Waals surface area contributed by atoms with Crippen molar-refractivity contribution < 1.29 is 0 Å². The van der Waals surface area contributed by atoms with Gasteiger partial charge < -0.3 is 0 Å². The Morgan fingerprint density at radius 2 is 0.632 bits per heavy atom. The third kappa shape index (κ3) is 8.72. The second-order valence-electron chi connectivity index (χ2n) is 16.7. The molecule has 7 nitrogen and oxygen atoms in total. The van der Waals surface area contributed by atoms with Crippen molar-refractivity contribution >= 4 is 0 Å². The fraction of sp³-hybridized carbons (Fsp3) is 0.0328. The third-order valence-corrected chi connectivity index (χ3v) is 12.0. The van der Waals surface area contributed by atoms with E-state index in [4.69, 9.17) is 29.9 Å². The van der Waals surface area contributed by atoms with Gasteiger partial charge >= 0.3 is 0 Å². The van der Waals surface area contributed by atoms with Gasteiger partial charge in [0.2, 0.25) is 0 Å². The molecule has 0 atom stereocenters. The molecule has 322 valence electrons. The molecular weight excluding hydrogens is 831 g/mol. The molecule has 0 radical (unpaired) electrons. The van der Waals surface area contributed by atoms with Crippen LogP contribution in [0.5, 0.6) is 0 Å². The molecule has 0 saturated heterocycles. The molecule has 4 aromatic heterocycles. The Balaban J connectivity index is 0.995. The van der Waals surface area contributed by atoms with E-state index in [-0.39, 0.29) is 0 Å². The predicted molar refractivity (Wildman–Crippen MR) is 275 cm³/mol. The van der Waals surface area contributed by atoms with Crippen LogP contribution in [0.4, 0.5) is 0 Å². The quantitative estimate of drug-likeness (QED) is 0.135. The normalized spacial score (nSPS) is 11.1. The van der Waals surface area contributed by atoms with Crippen LogP contribution in [0.15, 0.2) is 225 Å². The molecule has 0 aliphatic heterocycles. The Hall–Kier alpha value is -9.07. The van der Waals surface area contributed by atoms with E-state index in [1.54, 1.807) is 12.4 Å². The Morgan fingerprint density at radius 1 is 0.235 bits per heavy atom. The van der Waals surface area contributed by atoms with Gasteiger partial charge in [0.05, 0.1) is 11.4 Å². The van der Waals surface area contributed by atoms with Crippen molar-refractivity contribution in [3.8, 4) is 113 Å². The number of aryl methyl sites for hydroxylation is 2. The van der Waals surface area contributed by atoms with E-state index in [0.717, 1.165) is 101 Å². The number of hydrogen-bond donors (Lipinski definition) is 0. The van der Waals surface area contributed by atoms with Gasteiger partial charge in [0.25, 0.3) is 0 Å². The van der Waals surface area contributed by atoms with Crippen molar-refractivity contribution in [1.82, 2.24) is 34.9 Å². The molecule has 68 heavy (non-hydrogen) atoms. The first-order valence-corrected chi connectivity index (χ1v) is 22.6. The molecule has 7 heteroatoms. The monoisotopic (exact) mass is 873 g/mol. The highest BCUT2D eigenvalue weighted by atomic mass is 15.0. The molecule has 0 fully saturated rings. The van der Waals surface area contributed by atoms with E-state index in [2.05, 4.69) is 138 Å². The molecule has 0 aliphatic rings. The Bertz CT molecular complexity index is 3470. The lowest BCUT2D eigenvalue weighted by atomic mass is 9.88. The number of nitrogens with zero attached hydrogens (tertiary/aromatic N) is 7. The van der Waals surface area contributed by atoms with Gasteiger partial charge in [-0.15, -0.1) is 0 Å². The number of pyridine rings is 2. The van der Waals surface area contributed by atoms with Crippen molar-refractivity contribution in [2.75, 3.05) is 0 Å². The average Bonchev–Trinajstić information content (AvgIpc) is 3.41. The van der Waals surface area contributed by atoms with Crippen molar-refractivity contribution in [3.63, 3.8) is 0 Å². The number of benzene rings is 7. The van der Waals surface area contributed by atoms with Crippen LogP contribution < -0.4 is 0 Å². The maximum absolute atomic E-state index is 5.24. The molecule has 0 amide bonds. The lowest BCUT2D eigenvalue weighted by Gasteiger charge is -2.17. The summed E-state index contributed by atoms with van der Waals surface area (Å²) in [7, 11) is 0. The number of aromatic nitrogens is 7. The van der Waals surface area contributed by atoms with Crippen LogP contribution >= 0.6 is 0 Å². The lowest BCUT2D eigenvalue weighted by molar-refractivity contribution is 1.07. The van der Waals surface area contributed by atoms with Crippen LogP contribution in [0.1, 0.15) is 11.4 Å². The molecular formula is C61H43N7. The maximum Gasteiger partial charge on any atom is 0.164 e. The molecule has 11 rings (SSSR count). The standard InChI is InChI=1S/C61H43N7/c1-40-36-51(37-41(2)63-40)55-38-50(30-31-53(55)52-20-12-13-21-54(52)61-64-56(45-14-6-3-7-15-45)39-57(65-61)46-16-8-4-9-17-46)43-24-28-49(29-25-43)60-67-58(47-18-10-5-11-19-47)66-59(68-60)48-26-22-42(23-27-48)44-32-34-62-35-33-44/h3-39H,1-2H3. The predicted octanol–water partition coefficient (Wildman–Crippen LogP) is 14.7. The fourth-order valence-electron chi connectivity index (χ4n) is 8.70. The van der Waals surface area contributed by atoms with Crippen molar-refractivity contribution in [2.45, 2.75) is 13.8 Å². The third-order valence-electron chi connectivity index (χ3n) is 12.0. The largest absolute Gasteiger partial charge is 0.265 e. The number of rotatable bonds is 10. The van der Waals surface area contributed by atoms with E-state index >= 15 is 0 Å². The number of hydrogen-bond acceptors (Lipinski definition) is 7. The molecule has 0 aliphatic carbocycles. The van der Waals surface area contributed by atoms with Gasteiger partial charge in [0.15, 0.2) is 23.3 Å². The summed E-state index contributed by atoms with van der Waals surface area (Å²) in [5, 5.41) is 0.